The summed E-state index contributed by atoms with van der Waals surface area (Å²) in [5.41, 5.74) is 4.37. The van der Waals surface area contributed by atoms with Gasteiger partial charge in [0.05, 0.1) is 5.69 Å². The summed E-state index contributed by atoms with van der Waals surface area (Å²) < 4.78 is 0. The first-order valence-electron chi connectivity index (χ1n) is 10.4. The molecule has 3 heterocycles. The molecule has 1 unspecified atom stereocenters. The maximum atomic E-state index is 10.0. The van der Waals surface area contributed by atoms with Gasteiger partial charge in [-0.25, -0.2) is 9.97 Å². The van der Waals surface area contributed by atoms with Crippen molar-refractivity contribution in [1.82, 2.24) is 19.9 Å². The molecular weight excluding hydrogens is 386 g/mol. The van der Waals surface area contributed by atoms with E-state index < -0.39 is 0 Å². The third-order valence-corrected chi connectivity index (χ3v) is 5.18. The van der Waals surface area contributed by atoms with Crippen LogP contribution in [0.2, 0.25) is 0 Å². The first kappa shape index (κ1) is 20.5. The summed E-state index contributed by atoms with van der Waals surface area (Å²) in [5, 5.41) is 13.6. The van der Waals surface area contributed by atoms with Gasteiger partial charge < -0.3 is 10.4 Å². The first-order chi connectivity index (χ1) is 15.1. The molecule has 0 spiro atoms. The fourth-order valence-electron chi connectivity index (χ4n) is 3.37. The van der Waals surface area contributed by atoms with Crippen molar-refractivity contribution in [2.45, 2.75) is 32.7 Å². The second kappa shape index (κ2) is 9.34. The Morgan fingerprint density at radius 3 is 2.58 bits per heavy atom. The van der Waals surface area contributed by atoms with Crippen molar-refractivity contribution >= 4 is 5.82 Å². The summed E-state index contributed by atoms with van der Waals surface area (Å²) in [6, 6.07) is 17.5. The monoisotopic (exact) mass is 411 g/mol. The van der Waals surface area contributed by atoms with Crippen molar-refractivity contribution in [1.29, 1.82) is 0 Å². The minimum atomic E-state index is 0.148. The van der Waals surface area contributed by atoms with Gasteiger partial charge in [0.1, 0.15) is 17.3 Å². The number of nitrogens with one attached hydrogen (secondary N) is 1. The Morgan fingerprint density at radius 1 is 0.968 bits per heavy atom. The molecule has 0 fully saturated rings. The van der Waals surface area contributed by atoms with Crippen molar-refractivity contribution in [2.75, 3.05) is 5.32 Å². The Labute approximate surface area is 182 Å². The highest BCUT2D eigenvalue weighted by molar-refractivity contribution is 5.65. The predicted molar refractivity (Wildman–Crippen MR) is 123 cm³/mol. The molecule has 1 atom stereocenters. The summed E-state index contributed by atoms with van der Waals surface area (Å²) >= 11 is 0. The summed E-state index contributed by atoms with van der Waals surface area (Å²) in [7, 11) is 0. The number of aromatic nitrogens is 4. The molecular formula is C25H25N5O. The minimum absolute atomic E-state index is 0.148. The van der Waals surface area contributed by atoms with Crippen LogP contribution < -0.4 is 5.32 Å². The molecule has 0 radical (unpaired) electrons. The molecule has 4 aromatic rings. The van der Waals surface area contributed by atoms with Crippen LogP contribution in [0, 0.1) is 6.92 Å². The Hall–Kier alpha value is -3.80. The van der Waals surface area contributed by atoms with Gasteiger partial charge in [0.25, 0.3) is 0 Å². The number of anilines is 1. The molecule has 2 N–H and O–H groups in total. The lowest BCUT2D eigenvalue weighted by Gasteiger charge is -2.19. The summed E-state index contributed by atoms with van der Waals surface area (Å²) in [4.78, 5) is 18.1. The van der Waals surface area contributed by atoms with Crippen molar-refractivity contribution in [3.8, 4) is 28.5 Å². The van der Waals surface area contributed by atoms with Gasteiger partial charge in [-0.15, -0.1) is 0 Å². The van der Waals surface area contributed by atoms with E-state index in [1.807, 2.05) is 55.5 Å². The zero-order chi connectivity index (χ0) is 21.6. The van der Waals surface area contributed by atoms with E-state index in [4.69, 9.17) is 9.97 Å². The Balaban J connectivity index is 1.66. The predicted octanol–water partition coefficient (Wildman–Crippen LogP) is 5.05. The van der Waals surface area contributed by atoms with Crippen LogP contribution in [0.4, 0.5) is 5.82 Å². The number of aryl methyl sites for hydroxylation is 1. The number of phenolic OH excluding ortho intramolecular Hbond substituents is 1. The van der Waals surface area contributed by atoms with Crippen molar-refractivity contribution in [3.05, 3.63) is 84.3 Å². The molecule has 156 valence electrons. The smallest absolute Gasteiger partial charge is 0.180 e. The zero-order valence-corrected chi connectivity index (χ0v) is 17.7. The van der Waals surface area contributed by atoms with Crippen LogP contribution in [0.3, 0.4) is 0 Å². The van der Waals surface area contributed by atoms with E-state index in [-0.39, 0.29) is 6.04 Å². The van der Waals surface area contributed by atoms with Crippen molar-refractivity contribution in [3.63, 3.8) is 0 Å². The average molecular weight is 412 g/mol. The first-order valence-corrected chi connectivity index (χ1v) is 10.4. The van der Waals surface area contributed by atoms with Crippen LogP contribution in [0.25, 0.3) is 22.8 Å². The summed E-state index contributed by atoms with van der Waals surface area (Å²) in [6.45, 7) is 4.03. The van der Waals surface area contributed by atoms with Gasteiger partial charge in [0.2, 0.25) is 0 Å². The zero-order valence-electron chi connectivity index (χ0n) is 17.7. The van der Waals surface area contributed by atoms with Gasteiger partial charge in [0.15, 0.2) is 5.82 Å². The Bertz CT molecular complexity index is 1090. The topological polar surface area (TPSA) is 83.8 Å². The molecule has 0 aliphatic carbocycles. The molecule has 3 aromatic heterocycles. The number of hydrogen-bond donors (Lipinski definition) is 2. The fraction of sp³-hybridized carbons (Fsp3) is 0.200. The SMILES string of the molecule is CCC(Cc1ccc(C)c(O)c1)Nc1cc(-c2cccnc2)nc(-c2ccccn2)n1. The molecule has 0 aliphatic heterocycles. The van der Waals surface area contributed by atoms with Crippen molar-refractivity contribution in [2.24, 2.45) is 0 Å². The highest BCUT2D eigenvalue weighted by Crippen LogP contribution is 2.25. The lowest BCUT2D eigenvalue weighted by atomic mass is 10.0. The van der Waals surface area contributed by atoms with Gasteiger partial charge in [0, 0.05) is 36.3 Å². The molecule has 0 saturated heterocycles. The van der Waals surface area contributed by atoms with E-state index in [1.54, 1.807) is 18.6 Å². The van der Waals surface area contributed by atoms with Crippen LogP contribution in [-0.4, -0.2) is 31.1 Å². The maximum Gasteiger partial charge on any atom is 0.180 e. The van der Waals surface area contributed by atoms with Crippen LogP contribution >= 0.6 is 0 Å². The van der Waals surface area contributed by atoms with E-state index in [0.29, 0.717) is 17.3 Å². The number of benzene rings is 1. The van der Waals surface area contributed by atoms with Crippen LogP contribution in [0.1, 0.15) is 24.5 Å². The van der Waals surface area contributed by atoms with Crippen LogP contribution in [0.5, 0.6) is 5.75 Å². The standard InChI is InChI=1S/C25H25N5O/c1-3-20(13-18-10-9-17(2)23(31)14-18)28-24-15-22(19-7-6-11-26-16-19)29-25(30-24)21-8-4-5-12-27-21/h4-12,14-16,20,31H,3,13H2,1-2H3,(H,28,29,30). The largest absolute Gasteiger partial charge is 0.508 e. The molecule has 31 heavy (non-hydrogen) atoms. The number of phenols is 1. The minimum Gasteiger partial charge on any atom is -0.508 e. The number of hydrogen-bond acceptors (Lipinski definition) is 6. The lowest BCUT2D eigenvalue weighted by Crippen LogP contribution is -2.22. The number of rotatable bonds is 7. The van der Waals surface area contributed by atoms with E-state index >= 15 is 0 Å². The lowest BCUT2D eigenvalue weighted by molar-refractivity contribution is 0.470. The molecule has 6 heteroatoms. The van der Waals surface area contributed by atoms with Gasteiger partial charge in [-0.2, -0.15) is 0 Å². The van der Waals surface area contributed by atoms with Crippen LogP contribution in [0.15, 0.2) is 73.2 Å². The normalized spacial score (nSPS) is 11.8. The van der Waals surface area contributed by atoms with Gasteiger partial charge in [-0.1, -0.05) is 25.1 Å². The van der Waals surface area contributed by atoms with Crippen molar-refractivity contribution < 1.29 is 5.11 Å². The van der Waals surface area contributed by atoms with Gasteiger partial charge in [-0.3, -0.25) is 9.97 Å². The Morgan fingerprint density at radius 2 is 1.87 bits per heavy atom. The molecule has 1 aromatic carbocycles. The van der Waals surface area contributed by atoms with Gasteiger partial charge >= 0.3 is 0 Å². The van der Waals surface area contributed by atoms with E-state index in [9.17, 15) is 5.11 Å². The summed E-state index contributed by atoms with van der Waals surface area (Å²) in [6.07, 6.45) is 6.95. The fourth-order valence-corrected chi connectivity index (χ4v) is 3.37. The highest BCUT2D eigenvalue weighted by atomic mass is 16.3. The number of nitrogens with zero attached hydrogens (tertiary/aromatic N) is 4. The second-order valence-electron chi connectivity index (χ2n) is 7.49. The molecule has 0 amide bonds. The molecule has 0 bridgehead atoms. The molecule has 0 aliphatic rings. The summed E-state index contributed by atoms with van der Waals surface area (Å²) in [5.74, 6) is 1.62. The highest BCUT2D eigenvalue weighted by Gasteiger charge is 2.14. The van der Waals surface area contributed by atoms with E-state index in [2.05, 4.69) is 28.3 Å². The maximum absolute atomic E-state index is 10.0. The number of aromatic hydroxyl groups is 1. The van der Waals surface area contributed by atoms with E-state index in [1.165, 1.54) is 0 Å². The number of pyridine rings is 2. The Kier molecular flexibility index (Phi) is 6.17. The third-order valence-electron chi connectivity index (χ3n) is 5.18. The molecule has 0 saturated carbocycles. The van der Waals surface area contributed by atoms with E-state index in [0.717, 1.165) is 41.0 Å². The second-order valence-corrected chi connectivity index (χ2v) is 7.49. The molecule has 4 rings (SSSR count). The average Bonchev–Trinajstić information content (AvgIpc) is 2.82. The molecule has 6 nitrogen and oxygen atoms in total. The van der Waals surface area contributed by atoms with Crippen LogP contribution in [-0.2, 0) is 6.42 Å². The van der Waals surface area contributed by atoms with Gasteiger partial charge in [-0.05, 0) is 61.2 Å². The third kappa shape index (κ3) is 5.04. The quantitative estimate of drug-likeness (QED) is 0.443.